The van der Waals surface area contributed by atoms with E-state index in [0.29, 0.717) is 5.88 Å². The van der Waals surface area contributed by atoms with Gasteiger partial charge in [0.1, 0.15) is 16.9 Å². The van der Waals surface area contributed by atoms with Crippen LogP contribution in [-0.2, 0) is 12.3 Å². The Morgan fingerprint density at radius 3 is 2.61 bits per heavy atom. The molecule has 0 aliphatic rings. The highest BCUT2D eigenvalue weighted by molar-refractivity contribution is 7.09. The van der Waals surface area contributed by atoms with Crippen molar-refractivity contribution in [2.75, 3.05) is 0 Å². The van der Waals surface area contributed by atoms with Crippen LogP contribution in [0.2, 0.25) is 0 Å². The summed E-state index contributed by atoms with van der Waals surface area (Å²) in [6, 6.07) is 8.19. The Kier molecular flexibility index (Phi) is 4.61. The van der Waals surface area contributed by atoms with Crippen molar-refractivity contribution < 1.29 is 4.74 Å². The second-order valence-corrected chi connectivity index (χ2v) is 5.23. The van der Waals surface area contributed by atoms with Crippen LogP contribution in [0.5, 0.6) is 5.75 Å². The second kappa shape index (κ2) is 6.21. The molecular formula is C14H16ClNOS. The van der Waals surface area contributed by atoms with Gasteiger partial charge in [-0.1, -0.05) is 19.1 Å². The van der Waals surface area contributed by atoms with E-state index in [-0.39, 0.29) is 6.10 Å². The van der Waals surface area contributed by atoms with E-state index in [1.54, 1.807) is 11.3 Å². The number of thiazole rings is 1. The molecule has 96 valence electrons. The molecule has 1 atom stereocenters. The van der Waals surface area contributed by atoms with Crippen LogP contribution in [0.4, 0.5) is 0 Å². The maximum absolute atomic E-state index is 5.86. The Balaban J connectivity index is 2.03. The van der Waals surface area contributed by atoms with Crippen molar-refractivity contribution in [3.63, 3.8) is 0 Å². The number of alkyl halides is 1. The van der Waals surface area contributed by atoms with Crippen LogP contribution < -0.4 is 4.74 Å². The van der Waals surface area contributed by atoms with E-state index in [2.05, 4.69) is 24.0 Å². The lowest BCUT2D eigenvalue weighted by molar-refractivity contribution is 0.226. The number of nitrogens with zero attached hydrogens (tertiary/aromatic N) is 1. The molecule has 0 aliphatic carbocycles. The molecular weight excluding hydrogens is 266 g/mol. The van der Waals surface area contributed by atoms with E-state index in [1.807, 2.05) is 24.4 Å². The summed E-state index contributed by atoms with van der Waals surface area (Å²) in [6.45, 7) is 4.15. The number of aromatic nitrogens is 1. The topological polar surface area (TPSA) is 22.1 Å². The Morgan fingerprint density at radius 2 is 2.06 bits per heavy atom. The minimum atomic E-state index is -0.0422. The maximum Gasteiger partial charge on any atom is 0.147 e. The number of halogens is 1. The molecule has 1 unspecified atom stereocenters. The molecule has 18 heavy (non-hydrogen) atoms. The van der Waals surface area contributed by atoms with E-state index >= 15 is 0 Å². The molecule has 0 radical (unpaired) electrons. The highest BCUT2D eigenvalue weighted by Crippen LogP contribution is 2.25. The fraction of sp³-hybridized carbons (Fsp3) is 0.357. The first-order valence-electron chi connectivity index (χ1n) is 5.98. The Bertz CT molecular complexity index is 495. The van der Waals surface area contributed by atoms with Crippen LogP contribution in [0.3, 0.4) is 0 Å². The zero-order valence-corrected chi connectivity index (χ0v) is 12.1. The minimum Gasteiger partial charge on any atom is -0.484 e. The second-order valence-electron chi connectivity index (χ2n) is 4.07. The first-order chi connectivity index (χ1) is 8.72. The quantitative estimate of drug-likeness (QED) is 0.748. The van der Waals surface area contributed by atoms with Gasteiger partial charge in [-0.3, -0.25) is 0 Å². The van der Waals surface area contributed by atoms with Crippen LogP contribution in [0.1, 0.15) is 36.2 Å². The lowest BCUT2D eigenvalue weighted by atomic mass is 10.2. The van der Waals surface area contributed by atoms with Gasteiger partial charge in [-0.05, 0) is 31.0 Å². The summed E-state index contributed by atoms with van der Waals surface area (Å²) in [5, 5.41) is 2.94. The van der Waals surface area contributed by atoms with E-state index in [1.165, 1.54) is 5.56 Å². The molecule has 0 N–H and O–H groups in total. The van der Waals surface area contributed by atoms with Gasteiger partial charge in [0.05, 0.1) is 11.6 Å². The van der Waals surface area contributed by atoms with Gasteiger partial charge in [0.2, 0.25) is 0 Å². The van der Waals surface area contributed by atoms with Gasteiger partial charge in [0.15, 0.2) is 0 Å². The fourth-order valence-electron chi connectivity index (χ4n) is 1.63. The molecule has 1 heterocycles. The maximum atomic E-state index is 5.86. The number of hydrogen-bond acceptors (Lipinski definition) is 3. The Morgan fingerprint density at radius 1 is 1.33 bits per heavy atom. The molecule has 1 aromatic heterocycles. The molecule has 2 nitrogen and oxygen atoms in total. The van der Waals surface area contributed by atoms with Gasteiger partial charge in [-0.2, -0.15) is 0 Å². The number of hydrogen-bond donors (Lipinski definition) is 0. The SMILES string of the molecule is CCc1ccc(OC(C)c2nc(CCl)cs2)cc1. The zero-order valence-electron chi connectivity index (χ0n) is 10.5. The van der Waals surface area contributed by atoms with Gasteiger partial charge in [-0.15, -0.1) is 22.9 Å². The molecule has 2 rings (SSSR count). The van der Waals surface area contributed by atoms with Crippen LogP contribution in [0.25, 0.3) is 0 Å². The predicted molar refractivity (Wildman–Crippen MR) is 76.5 cm³/mol. The van der Waals surface area contributed by atoms with Crippen LogP contribution in [-0.4, -0.2) is 4.98 Å². The highest BCUT2D eigenvalue weighted by atomic mass is 35.5. The van der Waals surface area contributed by atoms with Crippen molar-refractivity contribution in [3.8, 4) is 5.75 Å². The molecule has 0 spiro atoms. The third-order valence-electron chi connectivity index (χ3n) is 2.70. The molecule has 0 aliphatic heterocycles. The molecule has 0 saturated heterocycles. The lowest BCUT2D eigenvalue weighted by Gasteiger charge is -2.12. The smallest absolute Gasteiger partial charge is 0.147 e. The third kappa shape index (κ3) is 3.24. The minimum absolute atomic E-state index is 0.0422. The van der Waals surface area contributed by atoms with Crippen molar-refractivity contribution in [1.82, 2.24) is 4.98 Å². The lowest BCUT2D eigenvalue weighted by Crippen LogP contribution is -2.02. The first kappa shape index (κ1) is 13.4. The monoisotopic (exact) mass is 281 g/mol. The number of aryl methyl sites for hydroxylation is 1. The van der Waals surface area contributed by atoms with Crippen molar-refractivity contribution >= 4 is 22.9 Å². The Hall–Kier alpha value is -1.06. The molecule has 0 amide bonds. The summed E-state index contributed by atoms with van der Waals surface area (Å²) >= 11 is 7.33. The van der Waals surface area contributed by atoms with E-state index < -0.39 is 0 Å². The number of benzene rings is 1. The van der Waals surface area contributed by atoms with Gasteiger partial charge in [0, 0.05) is 5.38 Å². The third-order valence-corrected chi connectivity index (χ3v) is 4.03. The first-order valence-corrected chi connectivity index (χ1v) is 7.40. The van der Waals surface area contributed by atoms with Crippen LogP contribution in [0.15, 0.2) is 29.6 Å². The van der Waals surface area contributed by atoms with Gasteiger partial charge in [-0.25, -0.2) is 4.98 Å². The van der Waals surface area contributed by atoms with Gasteiger partial charge >= 0.3 is 0 Å². The summed E-state index contributed by atoms with van der Waals surface area (Å²) in [6.07, 6.45) is 1.00. The average Bonchev–Trinajstić information content (AvgIpc) is 2.88. The molecule has 4 heteroatoms. The van der Waals surface area contributed by atoms with Crippen molar-refractivity contribution in [2.45, 2.75) is 32.3 Å². The predicted octanol–water partition coefficient (Wildman–Crippen LogP) is 4.58. The summed E-state index contributed by atoms with van der Waals surface area (Å²) in [4.78, 5) is 4.42. The van der Waals surface area contributed by atoms with E-state index in [9.17, 15) is 0 Å². The highest BCUT2D eigenvalue weighted by Gasteiger charge is 2.11. The molecule has 0 fully saturated rings. The van der Waals surface area contributed by atoms with Crippen molar-refractivity contribution in [3.05, 3.63) is 45.9 Å². The summed E-state index contributed by atoms with van der Waals surface area (Å²) in [5.41, 5.74) is 2.22. The summed E-state index contributed by atoms with van der Waals surface area (Å²) in [7, 11) is 0. The Labute approximate surface area is 117 Å². The number of rotatable bonds is 5. The molecule has 1 aromatic carbocycles. The summed E-state index contributed by atoms with van der Waals surface area (Å²) < 4.78 is 5.86. The molecule has 0 bridgehead atoms. The normalized spacial score (nSPS) is 12.4. The van der Waals surface area contributed by atoms with Crippen LogP contribution in [0, 0.1) is 0 Å². The standard InChI is InChI=1S/C14H16ClNOS/c1-3-11-4-6-13(7-5-11)17-10(2)14-16-12(8-15)9-18-14/h4-7,9-10H,3,8H2,1-2H3. The van der Waals surface area contributed by atoms with Crippen LogP contribution >= 0.6 is 22.9 Å². The van der Waals surface area contributed by atoms with Crippen molar-refractivity contribution in [1.29, 1.82) is 0 Å². The zero-order chi connectivity index (χ0) is 13.0. The fourth-order valence-corrected chi connectivity index (χ4v) is 2.66. The molecule has 0 saturated carbocycles. The number of ether oxygens (including phenoxy) is 1. The van der Waals surface area contributed by atoms with Crippen molar-refractivity contribution in [2.24, 2.45) is 0 Å². The van der Waals surface area contributed by atoms with E-state index in [4.69, 9.17) is 16.3 Å². The van der Waals surface area contributed by atoms with E-state index in [0.717, 1.165) is 22.9 Å². The van der Waals surface area contributed by atoms with Gasteiger partial charge < -0.3 is 4.74 Å². The van der Waals surface area contributed by atoms with Gasteiger partial charge in [0.25, 0.3) is 0 Å². The average molecular weight is 282 g/mol. The largest absolute Gasteiger partial charge is 0.484 e. The summed E-state index contributed by atoms with van der Waals surface area (Å²) in [5.74, 6) is 1.33. The molecule has 2 aromatic rings.